The maximum atomic E-state index is 10.8. The minimum absolute atomic E-state index is 0.0232. The van der Waals surface area contributed by atoms with Crippen LogP contribution in [0, 0.1) is 0 Å². The summed E-state index contributed by atoms with van der Waals surface area (Å²) < 4.78 is 25.8. The van der Waals surface area contributed by atoms with Gasteiger partial charge in [0, 0.05) is 6.54 Å². The number of hydrogen-bond acceptors (Lipinski definition) is 5. The fraction of sp³-hybridized carbons (Fsp3) is 0.500. The zero-order valence-corrected chi connectivity index (χ0v) is 7.34. The van der Waals surface area contributed by atoms with Crippen LogP contribution in [0.4, 0.5) is 0 Å². The van der Waals surface area contributed by atoms with Crippen molar-refractivity contribution in [3.63, 3.8) is 0 Å². The van der Waals surface area contributed by atoms with Crippen LogP contribution in [0.2, 0.25) is 0 Å². The molecule has 0 saturated heterocycles. The number of rotatable bonds is 6. The Balaban J connectivity index is 3.92. The van der Waals surface area contributed by atoms with Gasteiger partial charge in [-0.15, -0.1) is 0 Å². The quantitative estimate of drug-likeness (QED) is 0.434. The summed E-state index contributed by atoms with van der Waals surface area (Å²) in [6, 6.07) is 0. The Kier molecular flexibility index (Phi) is 4.72. The first-order valence-corrected chi connectivity index (χ1v) is 4.82. The lowest BCUT2D eigenvalue weighted by atomic mass is 10.4. The van der Waals surface area contributed by atoms with E-state index in [0.717, 1.165) is 6.08 Å². The third-order valence-electron chi connectivity index (χ3n) is 0.976. The molecule has 6 heteroatoms. The Morgan fingerprint density at radius 1 is 1.58 bits per heavy atom. The molecule has 0 unspecified atom stereocenters. The molecule has 0 amide bonds. The molecule has 0 bridgehead atoms. The summed E-state index contributed by atoms with van der Waals surface area (Å²) in [5.74, 6) is -0.757. The molecule has 0 heterocycles. The Morgan fingerprint density at radius 2 is 2.17 bits per heavy atom. The van der Waals surface area contributed by atoms with Gasteiger partial charge in [0.15, 0.2) is 5.78 Å². The number of hydrogen-bond donors (Lipinski definition) is 1. The Hall–Kier alpha value is -0.720. The van der Waals surface area contributed by atoms with E-state index in [1.807, 2.05) is 0 Å². The first-order valence-electron chi connectivity index (χ1n) is 3.24. The van der Waals surface area contributed by atoms with Crippen LogP contribution in [0.25, 0.3) is 0 Å². The lowest BCUT2D eigenvalue weighted by molar-refractivity contribution is -0.116. The molecule has 0 aromatic rings. The van der Waals surface area contributed by atoms with Crippen LogP contribution in [0.15, 0.2) is 12.7 Å². The molecule has 0 atom stereocenters. The number of ketones is 1. The van der Waals surface area contributed by atoms with Crippen molar-refractivity contribution in [2.45, 2.75) is 0 Å². The van der Waals surface area contributed by atoms with Gasteiger partial charge in [0.25, 0.3) is 10.1 Å². The SMILES string of the molecule is C=CC(=O)COS(=O)(=O)CCN. The molecule has 70 valence electrons. The highest BCUT2D eigenvalue weighted by molar-refractivity contribution is 7.86. The first kappa shape index (κ1) is 11.3. The molecule has 12 heavy (non-hydrogen) atoms. The molecule has 0 aliphatic rings. The second kappa shape index (κ2) is 5.02. The molecule has 0 rings (SSSR count). The van der Waals surface area contributed by atoms with Gasteiger partial charge in [0.2, 0.25) is 0 Å². The Morgan fingerprint density at radius 3 is 2.58 bits per heavy atom. The van der Waals surface area contributed by atoms with Crippen LogP contribution < -0.4 is 5.73 Å². The summed E-state index contributed by atoms with van der Waals surface area (Å²) in [4.78, 5) is 10.5. The van der Waals surface area contributed by atoms with Crippen molar-refractivity contribution in [2.24, 2.45) is 5.73 Å². The summed E-state index contributed by atoms with van der Waals surface area (Å²) in [5, 5.41) is 0. The van der Waals surface area contributed by atoms with Crippen LogP contribution in [0.1, 0.15) is 0 Å². The van der Waals surface area contributed by atoms with E-state index < -0.39 is 22.5 Å². The maximum Gasteiger partial charge on any atom is 0.268 e. The van der Waals surface area contributed by atoms with Gasteiger partial charge in [-0.1, -0.05) is 6.58 Å². The molecule has 0 radical (unpaired) electrons. The summed E-state index contributed by atoms with van der Waals surface area (Å²) in [6.45, 7) is 2.64. The van der Waals surface area contributed by atoms with Crippen molar-refractivity contribution in [1.82, 2.24) is 0 Å². The largest absolute Gasteiger partial charge is 0.329 e. The minimum atomic E-state index is -3.63. The molecule has 0 spiro atoms. The van der Waals surface area contributed by atoms with E-state index in [1.54, 1.807) is 0 Å². The Bertz CT molecular complexity index is 257. The second-order valence-electron chi connectivity index (χ2n) is 1.98. The van der Waals surface area contributed by atoms with Crippen molar-refractivity contribution in [1.29, 1.82) is 0 Å². The van der Waals surface area contributed by atoms with Crippen LogP contribution >= 0.6 is 0 Å². The molecular formula is C6H11NO4S. The molecule has 0 aliphatic heterocycles. The van der Waals surface area contributed by atoms with E-state index in [1.165, 1.54) is 0 Å². The highest BCUT2D eigenvalue weighted by Gasteiger charge is 2.10. The average molecular weight is 193 g/mol. The predicted molar refractivity (Wildman–Crippen MR) is 44.0 cm³/mol. The molecule has 2 N–H and O–H groups in total. The third-order valence-corrected chi connectivity index (χ3v) is 2.19. The van der Waals surface area contributed by atoms with Gasteiger partial charge in [-0.05, 0) is 6.08 Å². The number of carbonyl (C=O) groups excluding carboxylic acids is 1. The Labute approximate surface area is 71.3 Å². The highest BCUT2D eigenvalue weighted by atomic mass is 32.2. The van der Waals surface area contributed by atoms with Crippen molar-refractivity contribution < 1.29 is 17.4 Å². The van der Waals surface area contributed by atoms with Crippen LogP contribution in [0.3, 0.4) is 0 Å². The van der Waals surface area contributed by atoms with Crippen molar-refractivity contribution in [3.05, 3.63) is 12.7 Å². The van der Waals surface area contributed by atoms with Gasteiger partial charge in [-0.25, -0.2) is 0 Å². The van der Waals surface area contributed by atoms with E-state index in [2.05, 4.69) is 10.8 Å². The molecule has 0 fully saturated rings. The fourth-order valence-corrected chi connectivity index (χ4v) is 1.11. The van der Waals surface area contributed by atoms with Crippen LogP contribution in [0.5, 0.6) is 0 Å². The molecule has 0 aromatic heterocycles. The molecule has 0 aliphatic carbocycles. The zero-order valence-electron chi connectivity index (χ0n) is 6.52. The summed E-state index contributed by atoms with van der Waals surface area (Å²) in [7, 11) is -3.63. The molecular weight excluding hydrogens is 182 g/mol. The van der Waals surface area contributed by atoms with Gasteiger partial charge in [0.05, 0.1) is 5.75 Å². The van der Waals surface area contributed by atoms with Gasteiger partial charge in [-0.2, -0.15) is 8.42 Å². The predicted octanol–water partition coefficient (Wildman–Crippen LogP) is -0.953. The van der Waals surface area contributed by atoms with Crippen LogP contribution in [-0.4, -0.2) is 33.1 Å². The lowest BCUT2D eigenvalue weighted by Crippen LogP contribution is -2.20. The van der Waals surface area contributed by atoms with Gasteiger partial charge in [0.1, 0.15) is 6.61 Å². The van der Waals surface area contributed by atoms with E-state index in [-0.39, 0.29) is 12.3 Å². The van der Waals surface area contributed by atoms with Crippen molar-refractivity contribution in [3.8, 4) is 0 Å². The summed E-state index contributed by atoms with van der Waals surface area (Å²) in [5.41, 5.74) is 4.99. The van der Waals surface area contributed by atoms with E-state index in [4.69, 9.17) is 5.73 Å². The van der Waals surface area contributed by atoms with Crippen LogP contribution in [-0.2, 0) is 19.1 Å². The first-order chi connectivity index (χ1) is 5.52. The average Bonchev–Trinajstić information content (AvgIpc) is 2.00. The number of nitrogens with two attached hydrogens (primary N) is 1. The fourth-order valence-electron chi connectivity index (χ4n) is 0.410. The normalized spacial score (nSPS) is 11.1. The standard InChI is InChI=1S/C6H11NO4S/c1-2-6(8)5-11-12(9,10)4-3-7/h2H,1,3-5,7H2. The number of carbonyl (C=O) groups is 1. The summed E-state index contributed by atoms with van der Waals surface area (Å²) in [6.07, 6.45) is 0.998. The molecule has 0 saturated carbocycles. The minimum Gasteiger partial charge on any atom is -0.329 e. The van der Waals surface area contributed by atoms with E-state index >= 15 is 0 Å². The van der Waals surface area contributed by atoms with E-state index in [0.29, 0.717) is 0 Å². The second-order valence-corrected chi connectivity index (χ2v) is 3.74. The van der Waals surface area contributed by atoms with E-state index in [9.17, 15) is 13.2 Å². The third kappa shape index (κ3) is 5.00. The monoisotopic (exact) mass is 193 g/mol. The summed E-state index contributed by atoms with van der Waals surface area (Å²) >= 11 is 0. The highest BCUT2D eigenvalue weighted by Crippen LogP contribution is 1.91. The van der Waals surface area contributed by atoms with Gasteiger partial charge >= 0.3 is 0 Å². The molecule has 5 nitrogen and oxygen atoms in total. The topological polar surface area (TPSA) is 86.5 Å². The van der Waals surface area contributed by atoms with Crippen molar-refractivity contribution >= 4 is 15.9 Å². The lowest BCUT2D eigenvalue weighted by Gasteiger charge is -2.00. The van der Waals surface area contributed by atoms with Gasteiger partial charge < -0.3 is 5.73 Å². The molecule has 0 aromatic carbocycles. The van der Waals surface area contributed by atoms with Crippen molar-refractivity contribution in [2.75, 3.05) is 18.9 Å². The van der Waals surface area contributed by atoms with Gasteiger partial charge in [-0.3, -0.25) is 8.98 Å². The smallest absolute Gasteiger partial charge is 0.268 e. The maximum absolute atomic E-state index is 10.8. The zero-order chi connectivity index (χ0) is 9.61.